The van der Waals surface area contributed by atoms with Crippen LogP contribution in [0, 0.1) is 11.2 Å². The number of hydrogen-bond donors (Lipinski definition) is 2. The highest BCUT2D eigenvalue weighted by Gasteiger charge is 2.22. The van der Waals surface area contributed by atoms with E-state index in [9.17, 15) is 12.8 Å². The van der Waals surface area contributed by atoms with Crippen LogP contribution in [0.4, 0.5) is 4.39 Å². The summed E-state index contributed by atoms with van der Waals surface area (Å²) < 4.78 is 39.4. The molecule has 108 valence electrons. The molecule has 0 heterocycles. The monoisotopic (exact) mass is 309 g/mol. The molecule has 0 fully saturated rings. The molecule has 0 aromatic heterocycles. The quantitative estimate of drug-likeness (QED) is 0.846. The summed E-state index contributed by atoms with van der Waals surface area (Å²) in [4.78, 5) is -0.0845. The van der Waals surface area contributed by atoms with Gasteiger partial charge in [-0.15, -0.1) is 0 Å². The number of sulfonamides is 1. The van der Waals surface area contributed by atoms with E-state index in [-0.39, 0.29) is 28.5 Å². The van der Waals surface area contributed by atoms with Gasteiger partial charge in [-0.2, -0.15) is 0 Å². The summed E-state index contributed by atoms with van der Waals surface area (Å²) in [6, 6.07) is 3.23. The van der Waals surface area contributed by atoms with Crippen LogP contribution in [-0.2, 0) is 10.0 Å². The summed E-state index contributed by atoms with van der Waals surface area (Å²) in [6.07, 6.45) is 0.472. The van der Waals surface area contributed by atoms with Crippen LogP contribution in [0.25, 0.3) is 0 Å². The third kappa shape index (κ3) is 4.72. The normalized spacial score (nSPS) is 12.7. The fourth-order valence-corrected chi connectivity index (χ4v) is 2.92. The van der Waals surface area contributed by atoms with Crippen molar-refractivity contribution >= 4 is 21.6 Å². The molecule has 19 heavy (non-hydrogen) atoms. The Morgan fingerprint density at radius 1 is 1.42 bits per heavy atom. The summed E-state index contributed by atoms with van der Waals surface area (Å²) in [5.41, 5.74) is -0.369. The molecule has 0 saturated carbocycles. The molecule has 0 atom stereocenters. The second-order valence-electron chi connectivity index (χ2n) is 5.04. The molecule has 0 unspecified atom stereocenters. The summed E-state index contributed by atoms with van der Waals surface area (Å²) in [5, 5.41) is 8.64. The molecule has 1 rings (SSSR count). The van der Waals surface area contributed by atoms with Gasteiger partial charge in [-0.1, -0.05) is 25.4 Å². The third-order valence-electron chi connectivity index (χ3n) is 2.73. The predicted octanol–water partition coefficient (Wildman–Crippen LogP) is 2.17. The lowest BCUT2D eigenvalue weighted by Gasteiger charge is -2.23. The van der Waals surface area contributed by atoms with E-state index in [4.69, 9.17) is 16.7 Å². The second kappa shape index (κ2) is 6.17. The number of hydrogen-bond acceptors (Lipinski definition) is 3. The standard InChI is InChI=1S/C12H17ClFNO3S/c1-12(2,5-6-16)8-15-19(17,18)9-3-4-11(14)10(13)7-9/h3-4,7,15-16H,5-6,8H2,1-2H3. The highest BCUT2D eigenvalue weighted by atomic mass is 35.5. The van der Waals surface area contributed by atoms with E-state index in [1.165, 1.54) is 0 Å². The number of aliphatic hydroxyl groups is 1. The Morgan fingerprint density at radius 2 is 2.05 bits per heavy atom. The lowest BCUT2D eigenvalue weighted by Crippen LogP contribution is -2.34. The van der Waals surface area contributed by atoms with Crippen LogP contribution in [0.3, 0.4) is 0 Å². The lowest BCUT2D eigenvalue weighted by atomic mass is 9.90. The lowest BCUT2D eigenvalue weighted by molar-refractivity contribution is 0.213. The number of halogens is 2. The molecule has 0 bridgehead atoms. The van der Waals surface area contributed by atoms with Crippen LogP contribution in [0.15, 0.2) is 23.1 Å². The molecule has 0 amide bonds. The Bertz CT molecular complexity index is 546. The van der Waals surface area contributed by atoms with Gasteiger partial charge in [0, 0.05) is 13.2 Å². The first-order valence-corrected chi connectivity index (χ1v) is 7.60. The van der Waals surface area contributed by atoms with Crippen molar-refractivity contribution in [3.05, 3.63) is 29.0 Å². The van der Waals surface area contributed by atoms with Gasteiger partial charge >= 0.3 is 0 Å². The number of rotatable bonds is 6. The van der Waals surface area contributed by atoms with Gasteiger partial charge in [-0.3, -0.25) is 0 Å². The SMILES string of the molecule is CC(C)(CCO)CNS(=O)(=O)c1ccc(F)c(Cl)c1. The molecule has 2 N–H and O–H groups in total. The van der Waals surface area contributed by atoms with Crippen molar-refractivity contribution in [1.82, 2.24) is 4.72 Å². The van der Waals surface area contributed by atoms with E-state index in [1.54, 1.807) is 0 Å². The van der Waals surface area contributed by atoms with Crippen molar-refractivity contribution in [2.45, 2.75) is 25.2 Å². The second-order valence-corrected chi connectivity index (χ2v) is 7.21. The summed E-state index contributed by atoms with van der Waals surface area (Å²) in [6.45, 7) is 3.83. The van der Waals surface area contributed by atoms with Gasteiger partial charge in [0.25, 0.3) is 0 Å². The fourth-order valence-electron chi connectivity index (χ4n) is 1.41. The summed E-state index contributed by atoms with van der Waals surface area (Å²) >= 11 is 5.56. The summed E-state index contributed by atoms with van der Waals surface area (Å²) in [7, 11) is -3.73. The average molecular weight is 310 g/mol. The van der Waals surface area contributed by atoms with Gasteiger partial charge in [-0.05, 0) is 30.0 Å². The maximum atomic E-state index is 13.0. The fraction of sp³-hybridized carbons (Fsp3) is 0.500. The Hall–Kier alpha value is -0.690. The zero-order valence-electron chi connectivity index (χ0n) is 10.8. The minimum Gasteiger partial charge on any atom is -0.396 e. The van der Waals surface area contributed by atoms with E-state index in [0.717, 1.165) is 18.2 Å². The molecule has 1 aromatic carbocycles. The molecule has 0 radical (unpaired) electrons. The van der Waals surface area contributed by atoms with Gasteiger partial charge in [0.05, 0.1) is 9.92 Å². The minimum absolute atomic E-state index is 0.0168. The van der Waals surface area contributed by atoms with E-state index in [0.29, 0.717) is 6.42 Å². The minimum atomic E-state index is -3.73. The third-order valence-corrected chi connectivity index (χ3v) is 4.42. The molecule has 0 aliphatic heterocycles. The van der Waals surface area contributed by atoms with Crippen molar-refractivity contribution in [1.29, 1.82) is 0 Å². The van der Waals surface area contributed by atoms with E-state index >= 15 is 0 Å². The molecule has 0 aliphatic rings. The highest BCUT2D eigenvalue weighted by Crippen LogP contribution is 2.22. The number of aliphatic hydroxyl groups excluding tert-OH is 1. The molecular formula is C12H17ClFNO3S. The van der Waals surface area contributed by atoms with Crippen LogP contribution < -0.4 is 4.72 Å². The molecule has 0 saturated heterocycles. The van der Waals surface area contributed by atoms with E-state index in [2.05, 4.69) is 4.72 Å². The summed E-state index contributed by atoms with van der Waals surface area (Å²) in [5.74, 6) is -0.666. The molecule has 0 aliphatic carbocycles. The topological polar surface area (TPSA) is 66.4 Å². The molecule has 4 nitrogen and oxygen atoms in total. The first-order valence-electron chi connectivity index (χ1n) is 5.73. The van der Waals surface area contributed by atoms with Crippen LogP contribution in [0.2, 0.25) is 5.02 Å². The van der Waals surface area contributed by atoms with Gasteiger partial charge < -0.3 is 5.11 Å². The average Bonchev–Trinajstić information content (AvgIpc) is 2.30. The zero-order chi connectivity index (χ0) is 14.7. The number of benzene rings is 1. The number of nitrogens with one attached hydrogen (secondary N) is 1. The molecule has 1 aromatic rings. The van der Waals surface area contributed by atoms with Gasteiger partial charge in [0.1, 0.15) is 5.82 Å². The van der Waals surface area contributed by atoms with Crippen LogP contribution in [0.5, 0.6) is 0 Å². The maximum Gasteiger partial charge on any atom is 0.240 e. The first kappa shape index (κ1) is 16.4. The first-order chi connectivity index (χ1) is 8.68. The maximum absolute atomic E-state index is 13.0. The Balaban J connectivity index is 2.84. The van der Waals surface area contributed by atoms with E-state index < -0.39 is 15.8 Å². The predicted molar refractivity (Wildman–Crippen MR) is 72.1 cm³/mol. The van der Waals surface area contributed by atoms with Crippen molar-refractivity contribution < 1.29 is 17.9 Å². The molecule has 7 heteroatoms. The Morgan fingerprint density at radius 3 is 2.58 bits per heavy atom. The van der Waals surface area contributed by atoms with Gasteiger partial charge in [0.15, 0.2) is 0 Å². The van der Waals surface area contributed by atoms with Gasteiger partial charge in [-0.25, -0.2) is 17.5 Å². The molecular weight excluding hydrogens is 293 g/mol. The smallest absolute Gasteiger partial charge is 0.240 e. The van der Waals surface area contributed by atoms with Crippen LogP contribution >= 0.6 is 11.6 Å². The Labute approximate surface area is 117 Å². The zero-order valence-corrected chi connectivity index (χ0v) is 12.4. The molecule has 0 spiro atoms. The van der Waals surface area contributed by atoms with Crippen molar-refractivity contribution in [2.75, 3.05) is 13.2 Å². The largest absolute Gasteiger partial charge is 0.396 e. The van der Waals surface area contributed by atoms with Crippen LogP contribution in [-0.4, -0.2) is 26.7 Å². The van der Waals surface area contributed by atoms with Crippen molar-refractivity contribution in [3.63, 3.8) is 0 Å². The Kier molecular flexibility index (Phi) is 5.32. The van der Waals surface area contributed by atoms with Crippen molar-refractivity contribution in [2.24, 2.45) is 5.41 Å². The van der Waals surface area contributed by atoms with Crippen LogP contribution in [0.1, 0.15) is 20.3 Å². The van der Waals surface area contributed by atoms with E-state index in [1.807, 2.05) is 13.8 Å². The highest BCUT2D eigenvalue weighted by molar-refractivity contribution is 7.89. The van der Waals surface area contributed by atoms with Gasteiger partial charge in [0.2, 0.25) is 10.0 Å². The van der Waals surface area contributed by atoms with Crippen molar-refractivity contribution in [3.8, 4) is 0 Å².